The highest BCUT2D eigenvalue weighted by molar-refractivity contribution is 7.97. The number of carbonyl (C=O) groups is 1. The second-order valence-corrected chi connectivity index (χ2v) is 7.81. The minimum absolute atomic E-state index is 0.0459. The van der Waals surface area contributed by atoms with E-state index < -0.39 is 23.0 Å². The van der Waals surface area contributed by atoms with E-state index in [1.54, 1.807) is 36.4 Å². The van der Waals surface area contributed by atoms with E-state index in [1.807, 2.05) is 0 Å². The summed E-state index contributed by atoms with van der Waals surface area (Å²) in [6, 6.07) is 16.9. The van der Waals surface area contributed by atoms with Crippen LogP contribution in [0.5, 0.6) is 0 Å². The Hall–Kier alpha value is -3.40. The predicted octanol–water partition coefficient (Wildman–Crippen LogP) is 4.87. The average Bonchev–Trinajstić information content (AvgIpc) is 2.73. The number of fused-ring (bicyclic) bond motifs is 1. The van der Waals surface area contributed by atoms with Crippen LogP contribution >= 0.6 is 0 Å². The maximum absolute atomic E-state index is 13.4. The van der Waals surface area contributed by atoms with Gasteiger partial charge < -0.3 is 4.55 Å². The van der Waals surface area contributed by atoms with Crippen LogP contribution in [0.2, 0.25) is 0 Å². The molecule has 6 heteroatoms. The number of hydrogen-bond donors (Lipinski definition) is 1. The Labute approximate surface area is 175 Å². The van der Waals surface area contributed by atoms with E-state index in [0.29, 0.717) is 28.8 Å². The first-order chi connectivity index (χ1) is 14.5. The molecule has 1 unspecified atom stereocenters. The summed E-state index contributed by atoms with van der Waals surface area (Å²) in [6.07, 6.45) is 1.86. The topological polar surface area (TPSA) is 52.2 Å². The number of carbonyl (C=O) groups excluding carboxylic acids is 1. The van der Waals surface area contributed by atoms with Gasteiger partial charge in [-0.25, -0.2) is 13.5 Å². The van der Waals surface area contributed by atoms with E-state index in [-0.39, 0.29) is 10.7 Å². The van der Waals surface area contributed by atoms with E-state index in [9.17, 15) is 18.1 Å². The molecule has 1 aliphatic rings. The SMILES string of the molecule is O=C1/C(=C/c2cccc(F)c2)[S+]([O-])Nc2ccc(C#CCc3ccc(F)cc3)cc21. The largest absolute Gasteiger partial charge is 0.588 e. The number of rotatable bonds is 2. The third-order valence-corrected chi connectivity index (χ3v) is 5.58. The molecule has 30 heavy (non-hydrogen) atoms. The van der Waals surface area contributed by atoms with E-state index in [1.165, 1.54) is 36.4 Å². The molecule has 1 heterocycles. The number of Topliss-reactive ketones (excluding diaryl/α,β-unsaturated/α-hetero) is 1. The Bertz CT molecular complexity index is 1210. The number of ketones is 1. The summed E-state index contributed by atoms with van der Waals surface area (Å²) in [5.41, 5.74) is 2.77. The monoisotopic (exact) mass is 419 g/mol. The fourth-order valence-electron chi connectivity index (χ4n) is 2.99. The first-order valence-corrected chi connectivity index (χ1v) is 10.2. The van der Waals surface area contributed by atoms with E-state index in [2.05, 4.69) is 16.6 Å². The van der Waals surface area contributed by atoms with E-state index in [4.69, 9.17) is 0 Å². The van der Waals surface area contributed by atoms with Crippen LogP contribution in [0, 0.1) is 23.5 Å². The van der Waals surface area contributed by atoms with Crippen molar-refractivity contribution in [1.82, 2.24) is 0 Å². The number of nitrogens with one attached hydrogen (secondary N) is 1. The molecule has 3 nitrogen and oxygen atoms in total. The fourth-order valence-corrected chi connectivity index (χ4v) is 4.00. The zero-order valence-electron chi connectivity index (χ0n) is 15.6. The van der Waals surface area contributed by atoms with Crippen LogP contribution < -0.4 is 4.72 Å². The molecule has 0 saturated heterocycles. The smallest absolute Gasteiger partial charge is 0.245 e. The first kappa shape index (κ1) is 19.9. The Morgan fingerprint density at radius 1 is 1.00 bits per heavy atom. The lowest BCUT2D eigenvalue weighted by atomic mass is 10.0. The quantitative estimate of drug-likeness (QED) is 0.366. The van der Waals surface area contributed by atoms with Gasteiger partial charge in [-0.2, -0.15) is 0 Å². The Kier molecular flexibility index (Phi) is 5.66. The van der Waals surface area contributed by atoms with Crippen molar-refractivity contribution >= 4 is 28.9 Å². The minimum atomic E-state index is -1.74. The van der Waals surface area contributed by atoms with E-state index in [0.717, 1.165) is 5.56 Å². The molecule has 4 rings (SSSR count). The van der Waals surface area contributed by atoms with Crippen LogP contribution in [0.15, 0.2) is 71.6 Å². The molecule has 0 aromatic heterocycles. The van der Waals surface area contributed by atoms with Crippen LogP contribution in [0.4, 0.5) is 14.5 Å². The normalized spacial score (nSPS) is 16.4. The third kappa shape index (κ3) is 4.43. The van der Waals surface area contributed by atoms with Crippen LogP contribution in [0.25, 0.3) is 6.08 Å². The summed E-state index contributed by atoms with van der Waals surface area (Å²) in [7, 11) is 0. The van der Waals surface area contributed by atoms with Gasteiger partial charge in [-0.3, -0.25) is 4.79 Å². The second kappa shape index (κ2) is 8.54. The van der Waals surface area contributed by atoms with Crippen LogP contribution in [0.3, 0.4) is 0 Å². The summed E-state index contributed by atoms with van der Waals surface area (Å²) in [5, 5.41) is 0. The van der Waals surface area contributed by atoms with Crippen molar-refractivity contribution in [2.45, 2.75) is 6.42 Å². The first-order valence-electron chi connectivity index (χ1n) is 9.07. The van der Waals surface area contributed by atoms with Gasteiger partial charge in [0.2, 0.25) is 10.7 Å². The molecular formula is C24H15F2NO2S. The summed E-state index contributed by atoms with van der Waals surface area (Å²) >= 11 is -1.74. The van der Waals surface area contributed by atoms with Crippen molar-refractivity contribution in [3.05, 3.63) is 106 Å². The maximum atomic E-state index is 13.4. The lowest BCUT2D eigenvalue weighted by molar-refractivity contribution is 0.104. The highest BCUT2D eigenvalue weighted by Crippen LogP contribution is 2.31. The average molecular weight is 419 g/mol. The summed E-state index contributed by atoms with van der Waals surface area (Å²) in [5.74, 6) is 4.86. The molecular weight excluding hydrogens is 404 g/mol. The molecule has 0 fully saturated rings. The summed E-state index contributed by atoms with van der Waals surface area (Å²) in [4.78, 5) is 13.0. The lowest BCUT2D eigenvalue weighted by Crippen LogP contribution is -2.27. The molecule has 1 aliphatic heterocycles. The molecule has 1 N–H and O–H groups in total. The fraction of sp³-hybridized carbons (Fsp3) is 0.0417. The zero-order chi connectivity index (χ0) is 21.1. The molecule has 0 aliphatic carbocycles. The van der Waals surface area contributed by atoms with Crippen molar-refractivity contribution in [2.75, 3.05) is 4.72 Å². The number of hydrogen-bond acceptors (Lipinski definition) is 3. The molecule has 0 spiro atoms. The van der Waals surface area contributed by atoms with Crippen LogP contribution in [-0.2, 0) is 17.8 Å². The van der Waals surface area contributed by atoms with Gasteiger partial charge in [0.1, 0.15) is 23.0 Å². The van der Waals surface area contributed by atoms with E-state index >= 15 is 0 Å². The number of anilines is 1. The van der Waals surface area contributed by atoms with Gasteiger partial charge in [0.25, 0.3) is 0 Å². The molecule has 0 radical (unpaired) electrons. The number of allylic oxidation sites excluding steroid dienone is 1. The predicted molar refractivity (Wildman–Crippen MR) is 114 cm³/mol. The number of benzene rings is 3. The molecule has 0 bridgehead atoms. The molecule has 3 aromatic carbocycles. The molecule has 0 saturated carbocycles. The standard InChI is InChI=1S/C24H15F2NO2S/c25-19-10-7-16(8-11-19)3-1-4-17-9-12-22-21(14-17)24(28)23(30(29)27-22)15-18-5-2-6-20(26)13-18/h2,5-15,27H,3H2/b23-15-. The van der Waals surface area contributed by atoms with Gasteiger partial charge in [0, 0.05) is 18.1 Å². The van der Waals surface area contributed by atoms with Crippen molar-refractivity contribution < 1.29 is 18.1 Å². The van der Waals surface area contributed by atoms with Gasteiger partial charge in [-0.15, -0.1) is 0 Å². The van der Waals surface area contributed by atoms with Crippen molar-refractivity contribution in [2.24, 2.45) is 0 Å². The molecule has 0 amide bonds. The third-order valence-electron chi connectivity index (χ3n) is 4.48. The van der Waals surface area contributed by atoms with Crippen LogP contribution in [-0.4, -0.2) is 10.3 Å². The second-order valence-electron chi connectivity index (χ2n) is 6.63. The van der Waals surface area contributed by atoms with Gasteiger partial charge in [-0.1, -0.05) is 36.1 Å². The van der Waals surface area contributed by atoms with Crippen LogP contribution in [0.1, 0.15) is 27.0 Å². The zero-order valence-corrected chi connectivity index (χ0v) is 16.4. The van der Waals surface area contributed by atoms with Crippen molar-refractivity contribution in [1.29, 1.82) is 0 Å². The maximum Gasteiger partial charge on any atom is 0.245 e. The minimum Gasteiger partial charge on any atom is -0.588 e. The summed E-state index contributed by atoms with van der Waals surface area (Å²) < 4.78 is 41.6. The Morgan fingerprint density at radius 3 is 2.57 bits per heavy atom. The highest BCUT2D eigenvalue weighted by atomic mass is 32.2. The van der Waals surface area contributed by atoms with Crippen molar-refractivity contribution in [3.63, 3.8) is 0 Å². The van der Waals surface area contributed by atoms with Gasteiger partial charge >= 0.3 is 0 Å². The van der Waals surface area contributed by atoms with Gasteiger partial charge in [0.05, 0.1) is 11.3 Å². The number of halogens is 2. The molecule has 3 aromatic rings. The van der Waals surface area contributed by atoms with Crippen molar-refractivity contribution in [3.8, 4) is 11.8 Å². The Morgan fingerprint density at radius 2 is 1.80 bits per heavy atom. The highest BCUT2D eigenvalue weighted by Gasteiger charge is 2.33. The Balaban J connectivity index is 1.59. The van der Waals surface area contributed by atoms with Gasteiger partial charge in [-0.05, 0) is 53.6 Å². The molecule has 1 atom stereocenters. The lowest BCUT2D eigenvalue weighted by Gasteiger charge is -2.21. The molecule has 148 valence electrons. The summed E-state index contributed by atoms with van der Waals surface area (Å²) in [6.45, 7) is 0. The van der Waals surface area contributed by atoms with Gasteiger partial charge in [0.15, 0.2) is 0 Å².